The van der Waals surface area contributed by atoms with E-state index in [1.165, 1.54) is 12.4 Å². The molecule has 7 nitrogen and oxygen atoms in total. The van der Waals surface area contributed by atoms with Crippen molar-refractivity contribution in [2.75, 3.05) is 18.9 Å². The maximum atomic E-state index is 12.3. The van der Waals surface area contributed by atoms with E-state index in [0.29, 0.717) is 24.7 Å². The number of rotatable bonds is 7. The van der Waals surface area contributed by atoms with Gasteiger partial charge < -0.3 is 20.5 Å². The van der Waals surface area contributed by atoms with Gasteiger partial charge in [-0.05, 0) is 38.5 Å². The Balaban J connectivity index is 2.17. The lowest BCUT2D eigenvalue weighted by atomic mass is 10.1. The van der Waals surface area contributed by atoms with Crippen molar-refractivity contribution in [2.45, 2.75) is 26.8 Å². The number of nitrogens with one attached hydrogen (secondary N) is 1. The Morgan fingerprint density at radius 2 is 1.83 bits per heavy atom. The number of aromatic nitrogens is 2. The molecule has 0 saturated heterocycles. The number of carbonyl (C=O) groups is 1. The van der Waals surface area contributed by atoms with Gasteiger partial charge in [0.25, 0.3) is 5.91 Å². The minimum atomic E-state index is -0.375. The molecular weight excluding hydrogens is 308 g/mol. The third kappa shape index (κ3) is 4.13. The molecule has 0 fully saturated rings. The van der Waals surface area contributed by atoms with E-state index in [9.17, 15) is 4.79 Å². The molecule has 0 unspecified atom stereocenters. The van der Waals surface area contributed by atoms with Crippen LogP contribution >= 0.6 is 0 Å². The topological polar surface area (TPSA) is 99.4 Å². The number of ether oxygens (including phenoxy) is 2. The summed E-state index contributed by atoms with van der Waals surface area (Å²) in [7, 11) is 0. The first kappa shape index (κ1) is 17.5. The van der Waals surface area contributed by atoms with Gasteiger partial charge in [0.15, 0.2) is 23.0 Å². The van der Waals surface area contributed by atoms with Crippen LogP contribution in [0.15, 0.2) is 30.6 Å². The van der Waals surface area contributed by atoms with Crippen LogP contribution in [0.1, 0.15) is 42.9 Å². The molecule has 2 aromatic rings. The van der Waals surface area contributed by atoms with Crippen LogP contribution in [0.25, 0.3) is 0 Å². The molecule has 0 saturated carbocycles. The molecule has 3 N–H and O–H groups in total. The maximum absolute atomic E-state index is 12.3. The molecule has 7 heteroatoms. The number of nitrogens with zero attached hydrogens (tertiary/aromatic N) is 2. The van der Waals surface area contributed by atoms with Crippen LogP contribution in [-0.2, 0) is 0 Å². The Morgan fingerprint density at radius 1 is 1.17 bits per heavy atom. The first-order valence-electron chi connectivity index (χ1n) is 7.83. The molecule has 1 aromatic carbocycles. The zero-order valence-corrected chi connectivity index (χ0v) is 14.1. The molecular formula is C17H22N4O3. The zero-order valence-electron chi connectivity index (χ0n) is 14.1. The molecule has 1 heterocycles. The highest BCUT2D eigenvalue weighted by Gasteiger charge is 2.17. The third-order valence-electron chi connectivity index (χ3n) is 3.36. The van der Waals surface area contributed by atoms with E-state index in [2.05, 4.69) is 15.3 Å². The summed E-state index contributed by atoms with van der Waals surface area (Å²) in [5.41, 5.74) is 6.68. The van der Waals surface area contributed by atoms with Crippen LogP contribution in [0, 0.1) is 0 Å². The van der Waals surface area contributed by atoms with Crippen molar-refractivity contribution in [3.05, 3.63) is 41.9 Å². The molecule has 24 heavy (non-hydrogen) atoms. The first-order valence-corrected chi connectivity index (χ1v) is 7.83. The van der Waals surface area contributed by atoms with E-state index in [1.54, 1.807) is 0 Å². The van der Waals surface area contributed by atoms with Gasteiger partial charge in [0, 0.05) is 12.4 Å². The average Bonchev–Trinajstić information content (AvgIpc) is 2.57. The summed E-state index contributed by atoms with van der Waals surface area (Å²) >= 11 is 0. The van der Waals surface area contributed by atoms with Crippen LogP contribution in [0.2, 0.25) is 0 Å². The minimum Gasteiger partial charge on any atom is -0.490 e. The molecule has 0 aliphatic heterocycles. The Hall–Kier alpha value is -2.83. The van der Waals surface area contributed by atoms with Crippen molar-refractivity contribution in [1.82, 2.24) is 15.3 Å². The molecule has 0 aliphatic rings. The number of nitrogens with two attached hydrogens (primary N) is 1. The number of nitrogen functional groups attached to an aromatic ring is 1. The summed E-state index contributed by atoms with van der Waals surface area (Å²) in [6.45, 7) is 6.77. The molecule has 1 aromatic heterocycles. The predicted octanol–water partition coefficient (Wildman–Crippen LogP) is 2.35. The Kier molecular flexibility index (Phi) is 5.95. The second kappa shape index (κ2) is 8.14. The molecule has 128 valence electrons. The van der Waals surface area contributed by atoms with Gasteiger partial charge >= 0.3 is 0 Å². The van der Waals surface area contributed by atoms with Crippen LogP contribution < -0.4 is 20.5 Å². The summed E-state index contributed by atoms with van der Waals surface area (Å²) in [6, 6.07) is 5.33. The highest BCUT2D eigenvalue weighted by atomic mass is 16.5. The minimum absolute atomic E-state index is 0.101. The number of anilines is 1. The molecule has 0 spiro atoms. The Bertz CT molecular complexity index is 706. The van der Waals surface area contributed by atoms with Gasteiger partial charge in [-0.2, -0.15) is 0 Å². The van der Waals surface area contributed by atoms with E-state index in [-0.39, 0.29) is 23.5 Å². The monoisotopic (exact) mass is 330 g/mol. The molecule has 0 radical (unpaired) electrons. The fraction of sp³-hybridized carbons (Fsp3) is 0.353. The number of hydrogen-bond donors (Lipinski definition) is 2. The van der Waals surface area contributed by atoms with Gasteiger partial charge in [0.2, 0.25) is 0 Å². The fourth-order valence-electron chi connectivity index (χ4n) is 2.21. The SMILES string of the molecule is CCOc1ccc([C@@H](C)NC(=O)c2nccnc2N)cc1OCC. The molecule has 1 amide bonds. The van der Waals surface area contributed by atoms with E-state index in [1.807, 2.05) is 39.0 Å². The van der Waals surface area contributed by atoms with E-state index in [0.717, 1.165) is 5.56 Å². The number of carbonyl (C=O) groups excluding carboxylic acids is 1. The summed E-state index contributed by atoms with van der Waals surface area (Å²) in [5, 5.41) is 2.86. The van der Waals surface area contributed by atoms with E-state index < -0.39 is 0 Å². The second-order valence-electron chi connectivity index (χ2n) is 5.06. The number of hydrogen-bond acceptors (Lipinski definition) is 6. The summed E-state index contributed by atoms with van der Waals surface area (Å²) in [5.74, 6) is 1.06. The van der Waals surface area contributed by atoms with Crippen molar-refractivity contribution < 1.29 is 14.3 Å². The van der Waals surface area contributed by atoms with Crippen LogP contribution in [0.5, 0.6) is 11.5 Å². The van der Waals surface area contributed by atoms with Gasteiger partial charge in [0.1, 0.15) is 0 Å². The summed E-state index contributed by atoms with van der Waals surface area (Å²) < 4.78 is 11.2. The van der Waals surface area contributed by atoms with Gasteiger partial charge in [-0.1, -0.05) is 6.07 Å². The van der Waals surface area contributed by atoms with Gasteiger partial charge in [0.05, 0.1) is 19.3 Å². The smallest absolute Gasteiger partial charge is 0.274 e. The third-order valence-corrected chi connectivity index (χ3v) is 3.36. The molecule has 2 rings (SSSR count). The summed E-state index contributed by atoms with van der Waals surface area (Å²) in [4.78, 5) is 20.1. The van der Waals surface area contributed by atoms with Crippen molar-refractivity contribution in [2.24, 2.45) is 0 Å². The fourth-order valence-corrected chi connectivity index (χ4v) is 2.21. The lowest BCUT2D eigenvalue weighted by Crippen LogP contribution is -2.28. The largest absolute Gasteiger partial charge is 0.490 e. The zero-order chi connectivity index (χ0) is 17.5. The lowest BCUT2D eigenvalue weighted by molar-refractivity contribution is 0.0935. The molecule has 0 aliphatic carbocycles. The van der Waals surface area contributed by atoms with E-state index in [4.69, 9.17) is 15.2 Å². The van der Waals surface area contributed by atoms with Crippen molar-refractivity contribution in [3.8, 4) is 11.5 Å². The Morgan fingerprint density at radius 3 is 2.50 bits per heavy atom. The summed E-state index contributed by atoms with van der Waals surface area (Å²) in [6.07, 6.45) is 2.87. The highest BCUT2D eigenvalue weighted by molar-refractivity contribution is 5.96. The highest BCUT2D eigenvalue weighted by Crippen LogP contribution is 2.30. The standard InChI is InChI=1S/C17H22N4O3/c1-4-23-13-7-6-12(10-14(13)24-5-2)11(3)21-17(22)15-16(18)20-9-8-19-15/h6-11H,4-5H2,1-3H3,(H2,18,20)(H,21,22)/t11-/m1/s1. The maximum Gasteiger partial charge on any atom is 0.274 e. The molecule has 0 bridgehead atoms. The number of amides is 1. The van der Waals surface area contributed by atoms with Crippen molar-refractivity contribution in [3.63, 3.8) is 0 Å². The quantitative estimate of drug-likeness (QED) is 0.808. The number of benzene rings is 1. The van der Waals surface area contributed by atoms with Gasteiger partial charge in [-0.3, -0.25) is 4.79 Å². The Labute approximate surface area is 141 Å². The predicted molar refractivity (Wildman–Crippen MR) is 91.1 cm³/mol. The van der Waals surface area contributed by atoms with Gasteiger partial charge in [-0.25, -0.2) is 9.97 Å². The molecule has 1 atom stereocenters. The van der Waals surface area contributed by atoms with E-state index >= 15 is 0 Å². The van der Waals surface area contributed by atoms with Crippen LogP contribution in [-0.4, -0.2) is 29.1 Å². The first-order chi connectivity index (χ1) is 11.6. The van der Waals surface area contributed by atoms with Crippen molar-refractivity contribution >= 4 is 11.7 Å². The lowest BCUT2D eigenvalue weighted by Gasteiger charge is -2.17. The van der Waals surface area contributed by atoms with Crippen LogP contribution in [0.3, 0.4) is 0 Å². The second-order valence-corrected chi connectivity index (χ2v) is 5.06. The van der Waals surface area contributed by atoms with Gasteiger partial charge in [-0.15, -0.1) is 0 Å². The van der Waals surface area contributed by atoms with Crippen molar-refractivity contribution in [1.29, 1.82) is 0 Å². The normalized spacial score (nSPS) is 11.6. The average molecular weight is 330 g/mol. The van der Waals surface area contributed by atoms with Crippen LogP contribution in [0.4, 0.5) is 5.82 Å².